The molecule has 78 valence electrons. The maximum Gasteiger partial charge on any atom is 0.0991 e. The van der Waals surface area contributed by atoms with Crippen molar-refractivity contribution in [2.45, 2.75) is 0 Å². The third-order valence-corrected chi connectivity index (χ3v) is 2.62. The minimum absolute atomic E-state index is 0.666. The van der Waals surface area contributed by atoms with Gasteiger partial charge in [0, 0.05) is 15.8 Å². The Kier molecular flexibility index (Phi) is 3.23. The molecule has 0 aliphatic carbocycles. The highest BCUT2D eigenvalue weighted by Gasteiger charge is 1.95. The molecular formula is C13H9BrN2. The Morgan fingerprint density at radius 3 is 2.38 bits per heavy atom. The molecule has 0 amide bonds. The van der Waals surface area contributed by atoms with Gasteiger partial charge in [0.15, 0.2) is 0 Å². The van der Waals surface area contributed by atoms with Gasteiger partial charge in [-0.1, -0.05) is 22.0 Å². The van der Waals surface area contributed by atoms with Crippen molar-refractivity contribution in [2.24, 2.45) is 0 Å². The summed E-state index contributed by atoms with van der Waals surface area (Å²) in [7, 11) is 0. The van der Waals surface area contributed by atoms with Gasteiger partial charge >= 0.3 is 0 Å². The van der Waals surface area contributed by atoms with Crippen LogP contribution in [-0.2, 0) is 0 Å². The Hall–Kier alpha value is -1.79. The number of halogens is 1. The van der Waals surface area contributed by atoms with Crippen LogP contribution in [0.4, 0.5) is 11.4 Å². The van der Waals surface area contributed by atoms with E-state index in [0.29, 0.717) is 5.56 Å². The lowest BCUT2D eigenvalue weighted by molar-refractivity contribution is 1.47. The van der Waals surface area contributed by atoms with Crippen LogP contribution in [0.1, 0.15) is 5.56 Å². The van der Waals surface area contributed by atoms with E-state index in [9.17, 15) is 0 Å². The molecule has 0 aromatic heterocycles. The van der Waals surface area contributed by atoms with E-state index in [0.717, 1.165) is 15.8 Å². The molecule has 0 aliphatic rings. The van der Waals surface area contributed by atoms with Crippen molar-refractivity contribution in [1.29, 1.82) is 5.26 Å². The Balaban J connectivity index is 2.18. The van der Waals surface area contributed by atoms with Crippen molar-refractivity contribution in [1.82, 2.24) is 0 Å². The van der Waals surface area contributed by atoms with Crippen molar-refractivity contribution in [3.63, 3.8) is 0 Å². The smallest absolute Gasteiger partial charge is 0.0991 e. The van der Waals surface area contributed by atoms with E-state index < -0.39 is 0 Å². The monoisotopic (exact) mass is 272 g/mol. The molecule has 0 heterocycles. The molecule has 0 fully saturated rings. The first-order valence-electron chi connectivity index (χ1n) is 4.81. The second-order valence-corrected chi connectivity index (χ2v) is 4.24. The number of benzene rings is 2. The molecule has 0 atom stereocenters. The molecule has 16 heavy (non-hydrogen) atoms. The lowest BCUT2D eigenvalue weighted by Gasteiger charge is -2.06. The SMILES string of the molecule is N#Cc1ccc(Nc2cccc(Br)c2)cc1. The molecule has 0 aliphatic heterocycles. The van der Waals surface area contributed by atoms with Gasteiger partial charge in [-0.2, -0.15) is 5.26 Å². The van der Waals surface area contributed by atoms with Gasteiger partial charge in [-0.3, -0.25) is 0 Å². The van der Waals surface area contributed by atoms with Gasteiger partial charge in [0.05, 0.1) is 11.6 Å². The zero-order chi connectivity index (χ0) is 11.4. The van der Waals surface area contributed by atoms with Crippen molar-refractivity contribution in [3.05, 3.63) is 58.6 Å². The molecule has 0 bridgehead atoms. The molecule has 0 unspecified atom stereocenters. The minimum Gasteiger partial charge on any atom is -0.355 e. The average Bonchev–Trinajstić information content (AvgIpc) is 2.30. The van der Waals surface area contributed by atoms with Crippen molar-refractivity contribution >= 4 is 27.3 Å². The van der Waals surface area contributed by atoms with Crippen LogP contribution in [0.2, 0.25) is 0 Å². The maximum atomic E-state index is 8.68. The fraction of sp³-hybridized carbons (Fsp3) is 0. The Morgan fingerprint density at radius 1 is 1.00 bits per heavy atom. The van der Waals surface area contributed by atoms with Crippen molar-refractivity contribution < 1.29 is 0 Å². The van der Waals surface area contributed by atoms with Crippen LogP contribution in [-0.4, -0.2) is 0 Å². The number of anilines is 2. The first-order valence-corrected chi connectivity index (χ1v) is 5.60. The molecule has 2 nitrogen and oxygen atoms in total. The highest BCUT2D eigenvalue weighted by atomic mass is 79.9. The number of hydrogen-bond donors (Lipinski definition) is 1. The first kappa shape index (κ1) is 10.7. The van der Waals surface area contributed by atoms with E-state index in [4.69, 9.17) is 5.26 Å². The summed E-state index contributed by atoms with van der Waals surface area (Å²) >= 11 is 3.42. The predicted octanol–water partition coefficient (Wildman–Crippen LogP) is 4.06. The zero-order valence-corrected chi connectivity index (χ0v) is 10.0. The highest BCUT2D eigenvalue weighted by Crippen LogP contribution is 2.20. The van der Waals surface area contributed by atoms with E-state index >= 15 is 0 Å². The van der Waals surface area contributed by atoms with Crippen LogP contribution in [0.25, 0.3) is 0 Å². The summed E-state index contributed by atoms with van der Waals surface area (Å²) in [4.78, 5) is 0. The van der Waals surface area contributed by atoms with Crippen molar-refractivity contribution in [2.75, 3.05) is 5.32 Å². The Bertz CT molecular complexity index is 526. The minimum atomic E-state index is 0.666. The lowest BCUT2D eigenvalue weighted by Crippen LogP contribution is -1.89. The van der Waals surface area contributed by atoms with E-state index in [1.807, 2.05) is 36.4 Å². The van der Waals surface area contributed by atoms with Crippen LogP contribution in [0.5, 0.6) is 0 Å². The average molecular weight is 273 g/mol. The van der Waals surface area contributed by atoms with E-state index in [2.05, 4.69) is 27.3 Å². The summed E-state index contributed by atoms with van der Waals surface area (Å²) in [6.07, 6.45) is 0. The van der Waals surface area contributed by atoms with E-state index in [-0.39, 0.29) is 0 Å². The van der Waals surface area contributed by atoms with Gasteiger partial charge in [0.2, 0.25) is 0 Å². The zero-order valence-electron chi connectivity index (χ0n) is 8.44. The molecule has 3 heteroatoms. The van der Waals surface area contributed by atoms with Gasteiger partial charge in [-0.25, -0.2) is 0 Å². The van der Waals surface area contributed by atoms with Crippen LogP contribution in [0.3, 0.4) is 0 Å². The van der Waals surface area contributed by atoms with Crippen LogP contribution >= 0.6 is 15.9 Å². The summed E-state index contributed by atoms with van der Waals surface area (Å²) < 4.78 is 1.03. The second kappa shape index (κ2) is 4.82. The van der Waals surface area contributed by atoms with Gasteiger partial charge in [0.1, 0.15) is 0 Å². The normalized spacial score (nSPS) is 9.50. The molecular weight excluding hydrogens is 264 g/mol. The van der Waals surface area contributed by atoms with Gasteiger partial charge in [-0.05, 0) is 42.5 Å². The molecule has 2 rings (SSSR count). The predicted molar refractivity (Wildman–Crippen MR) is 68.6 cm³/mol. The fourth-order valence-electron chi connectivity index (χ4n) is 1.36. The molecule has 0 saturated heterocycles. The number of nitriles is 1. The van der Waals surface area contributed by atoms with E-state index in [1.165, 1.54) is 0 Å². The number of hydrogen-bond acceptors (Lipinski definition) is 2. The molecule has 0 saturated carbocycles. The third-order valence-electron chi connectivity index (χ3n) is 2.13. The van der Waals surface area contributed by atoms with Gasteiger partial charge in [0.25, 0.3) is 0 Å². The number of nitrogens with one attached hydrogen (secondary N) is 1. The lowest BCUT2D eigenvalue weighted by atomic mass is 10.2. The Labute approximate surface area is 103 Å². The topological polar surface area (TPSA) is 35.8 Å². The molecule has 2 aromatic carbocycles. The second-order valence-electron chi connectivity index (χ2n) is 3.32. The van der Waals surface area contributed by atoms with E-state index in [1.54, 1.807) is 12.1 Å². The Morgan fingerprint density at radius 2 is 1.75 bits per heavy atom. The fourth-order valence-corrected chi connectivity index (χ4v) is 1.76. The summed E-state index contributed by atoms with van der Waals surface area (Å²) in [6.45, 7) is 0. The third kappa shape index (κ3) is 2.62. The summed E-state index contributed by atoms with van der Waals surface area (Å²) in [6, 6.07) is 17.4. The molecule has 0 radical (unpaired) electrons. The molecule has 2 aromatic rings. The highest BCUT2D eigenvalue weighted by molar-refractivity contribution is 9.10. The quantitative estimate of drug-likeness (QED) is 0.895. The largest absolute Gasteiger partial charge is 0.355 e. The number of rotatable bonds is 2. The summed E-state index contributed by atoms with van der Waals surface area (Å²) in [5.74, 6) is 0. The van der Waals surface area contributed by atoms with Crippen LogP contribution < -0.4 is 5.32 Å². The molecule has 0 spiro atoms. The summed E-state index contributed by atoms with van der Waals surface area (Å²) in [5, 5.41) is 11.9. The summed E-state index contributed by atoms with van der Waals surface area (Å²) in [5.41, 5.74) is 2.65. The first-order chi connectivity index (χ1) is 7.78. The van der Waals surface area contributed by atoms with Crippen LogP contribution in [0, 0.1) is 11.3 Å². The van der Waals surface area contributed by atoms with Gasteiger partial charge < -0.3 is 5.32 Å². The molecule has 1 N–H and O–H groups in total. The van der Waals surface area contributed by atoms with Crippen molar-refractivity contribution in [3.8, 4) is 6.07 Å². The van der Waals surface area contributed by atoms with Crippen LogP contribution in [0.15, 0.2) is 53.0 Å². The number of nitrogens with zero attached hydrogens (tertiary/aromatic N) is 1. The van der Waals surface area contributed by atoms with Gasteiger partial charge in [-0.15, -0.1) is 0 Å². The maximum absolute atomic E-state index is 8.68. The standard InChI is InChI=1S/C13H9BrN2/c14-11-2-1-3-13(8-11)16-12-6-4-10(9-15)5-7-12/h1-8,16H.